The van der Waals surface area contributed by atoms with Crippen LogP contribution in [0.5, 0.6) is 0 Å². The van der Waals surface area contributed by atoms with Gasteiger partial charge in [-0.05, 0) is 40.8 Å². The van der Waals surface area contributed by atoms with Crippen molar-refractivity contribution in [1.29, 1.82) is 0 Å². The van der Waals surface area contributed by atoms with Gasteiger partial charge in [0.1, 0.15) is 5.82 Å². The van der Waals surface area contributed by atoms with Crippen LogP contribution in [0.15, 0.2) is 4.47 Å². The molecule has 1 aromatic rings. The van der Waals surface area contributed by atoms with Gasteiger partial charge in [-0.3, -0.25) is 0 Å². The highest BCUT2D eigenvalue weighted by molar-refractivity contribution is 9.10. The molecular weight excluding hydrogens is 248 g/mol. The Morgan fingerprint density at radius 3 is 2.86 bits per heavy atom. The number of fused-ring (bicyclic) bond motifs is 1. The molecule has 0 atom stereocenters. The lowest BCUT2D eigenvalue weighted by Gasteiger charge is -2.08. The molecule has 3 N–H and O–H groups in total. The van der Waals surface area contributed by atoms with Gasteiger partial charge in [-0.25, -0.2) is 9.78 Å². The van der Waals surface area contributed by atoms with E-state index in [9.17, 15) is 4.79 Å². The Bertz CT molecular complexity index is 418. The standard InChI is InChI=1S/C9H9BrN2O2/c10-7-6(9(13)14)4-2-1-3-5(4)12-8(7)11/h1-3H2,(H2,11,12)(H,13,14). The second-order valence-electron chi connectivity index (χ2n) is 3.27. The fourth-order valence-electron chi connectivity index (χ4n) is 1.80. The van der Waals surface area contributed by atoms with Crippen LogP contribution in [0.2, 0.25) is 0 Å². The first kappa shape index (κ1) is 9.45. The molecule has 0 saturated heterocycles. The fraction of sp³-hybridized carbons (Fsp3) is 0.333. The number of nitrogens with zero attached hydrogens (tertiary/aromatic N) is 1. The van der Waals surface area contributed by atoms with Gasteiger partial charge in [0.05, 0.1) is 10.0 Å². The number of nitrogen functional groups attached to an aromatic ring is 1. The number of carbonyl (C=O) groups is 1. The predicted octanol–water partition coefficient (Wildman–Crippen LogP) is 1.61. The van der Waals surface area contributed by atoms with Crippen molar-refractivity contribution >= 4 is 27.7 Å². The smallest absolute Gasteiger partial charge is 0.337 e. The van der Waals surface area contributed by atoms with Gasteiger partial charge < -0.3 is 10.8 Å². The van der Waals surface area contributed by atoms with Gasteiger partial charge >= 0.3 is 5.97 Å². The summed E-state index contributed by atoms with van der Waals surface area (Å²) < 4.78 is 0.408. The number of hydrogen-bond donors (Lipinski definition) is 2. The summed E-state index contributed by atoms with van der Waals surface area (Å²) in [6, 6.07) is 0. The van der Waals surface area contributed by atoms with Crippen LogP contribution in [0.3, 0.4) is 0 Å². The van der Waals surface area contributed by atoms with Crippen LogP contribution in [-0.2, 0) is 12.8 Å². The molecule has 0 aliphatic heterocycles. The third-order valence-corrected chi connectivity index (χ3v) is 3.21. The molecule has 0 spiro atoms. The molecule has 0 bridgehead atoms. The minimum Gasteiger partial charge on any atom is -0.478 e. The number of rotatable bonds is 1. The van der Waals surface area contributed by atoms with Gasteiger partial charge in [-0.2, -0.15) is 0 Å². The van der Waals surface area contributed by atoms with Gasteiger partial charge in [0.25, 0.3) is 0 Å². The topological polar surface area (TPSA) is 76.2 Å². The molecule has 1 aliphatic carbocycles. The maximum Gasteiger partial charge on any atom is 0.337 e. The van der Waals surface area contributed by atoms with Crippen LogP contribution in [0, 0.1) is 0 Å². The number of nitrogens with two attached hydrogens (primary N) is 1. The number of carboxylic acid groups (broad SMARTS) is 1. The molecular formula is C9H9BrN2O2. The van der Waals surface area contributed by atoms with Crippen molar-refractivity contribution < 1.29 is 9.90 Å². The van der Waals surface area contributed by atoms with E-state index in [0.29, 0.717) is 4.47 Å². The van der Waals surface area contributed by atoms with E-state index in [1.165, 1.54) is 0 Å². The number of aromatic nitrogens is 1. The summed E-state index contributed by atoms with van der Waals surface area (Å²) in [7, 11) is 0. The Labute approximate surface area is 89.3 Å². The van der Waals surface area contributed by atoms with Crippen molar-refractivity contribution in [2.45, 2.75) is 19.3 Å². The fourth-order valence-corrected chi connectivity index (χ4v) is 2.30. The molecule has 0 saturated carbocycles. The first-order valence-corrected chi connectivity index (χ1v) is 5.10. The van der Waals surface area contributed by atoms with Crippen LogP contribution in [0.4, 0.5) is 5.82 Å². The van der Waals surface area contributed by atoms with Crippen molar-refractivity contribution in [3.05, 3.63) is 21.3 Å². The van der Waals surface area contributed by atoms with Crippen LogP contribution >= 0.6 is 15.9 Å². The van der Waals surface area contributed by atoms with E-state index < -0.39 is 5.97 Å². The summed E-state index contributed by atoms with van der Waals surface area (Å²) in [6.45, 7) is 0. The first-order valence-electron chi connectivity index (χ1n) is 4.31. The molecule has 1 aliphatic rings. The van der Waals surface area contributed by atoms with Gasteiger partial charge in [-0.15, -0.1) is 0 Å². The monoisotopic (exact) mass is 256 g/mol. The molecule has 0 aromatic carbocycles. The van der Waals surface area contributed by atoms with E-state index in [4.69, 9.17) is 10.8 Å². The molecule has 4 nitrogen and oxygen atoms in total. The molecule has 14 heavy (non-hydrogen) atoms. The van der Waals surface area contributed by atoms with E-state index in [1.54, 1.807) is 0 Å². The highest BCUT2D eigenvalue weighted by atomic mass is 79.9. The zero-order chi connectivity index (χ0) is 10.3. The summed E-state index contributed by atoms with van der Waals surface area (Å²) in [5, 5.41) is 9.04. The van der Waals surface area contributed by atoms with Crippen LogP contribution < -0.4 is 5.73 Å². The third kappa shape index (κ3) is 1.28. The van der Waals surface area contributed by atoms with Gasteiger partial charge in [-0.1, -0.05) is 0 Å². The van der Waals surface area contributed by atoms with Crippen LogP contribution in [0.1, 0.15) is 28.0 Å². The van der Waals surface area contributed by atoms with E-state index >= 15 is 0 Å². The number of carboxylic acids is 1. The Morgan fingerprint density at radius 1 is 1.50 bits per heavy atom. The number of aryl methyl sites for hydroxylation is 1. The highest BCUT2D eigenvalue weighted by Gasteiger charge is 2.24. The maximum atomic E-state index is 11.0. The minimum absolute atomic E-state index is 0.267. The molecule has 0 unspecified atom stereocenters. The third-order valence-electron chi connectivity index (χ3n) is 2.40. The summed E-state index contributed by atoms with van der Waals surface area (Å²) in [4.78, 5) is 15.2. The average molecular weight is 257 g/mol. The normalized spacial score (nSPS) is 14.1. The van der Waals surface area contributed by atoms with Crippen LogP contribution in [0.25, 0.3) is 0 Å². The Morgan fingerprint density at radius 2 is 2.21 bits per heavy atom. The number of pyridine rings is 1. The quantitative estimate of drug-likeness (QED) is 0.801. The summed E-state index contributed by atoms with van der Waals surface area (Å²) >= 11 is 3.17. The molecule has 1 aromatic heterocycles. The SMILES string of the molecule is Nc1nc2c(c(C(=O)O)c1Br)CCC2. The lowest BCUT2D eigenvalue weighted by Crippen LogP contribution is -2.08. The molecule has 1 heterocycles. The minimum atomic E-state index is -0.941. The molecule has 0 fully saturated rings. The average Bonchev–Trinajstić information content (AvgIpc) is 2.52. The van der Waals surface area contributed by atoms with Crippen LogP contribution in [-0.4, -0.2) is 16.1 Å². The highest BCUT2D eigenvalue weighted by Crippen LogP contribution is 2.32. The maximum absolute atomic E-state index is 11.0. The van der Waals surface area contributed by atoms with Crippen molar-refractivity contribution in [2.24, 2.45) is 0 Å². The Hall–Kier alpha value is -1.10. The summed E-state index contributed by atoms with van der Waals surface area (Å²) in [6.07, 6.45) is 2.56. The Balaban J connectivity index is 2.72. The molecule has 0 amide bonds. The first-order chi connectivity index (χ1) is 6.61. The van der Waals surface area contributed by atoms with Crippen molar-refractivity contribution in [2.75, 3.05) is 5.73 Å². The lowest BCUT2D eigenvalue weighted by atomic mass is 10.1. The van der Waals surface area contributed by atoms with E-state index in [0.717, 1.165) is 30.5 Å². The van der Waals surface area contributed by atoms with Crippen molar-refractivity contribution in [3.8, 4) is 0 Å². The van der Waals surface area contributed by atoms with E-state index in [-0.39, 0.29) is 11.4 Å². The second-order valence-corrected chi connectivity index (χ2v) is 4.06. The van der Waals surface area contributed by atoms with Crippen molar-refractivity contribution in [1.82, 2.24) is 4.98 Å². The molecule has 2 rings (SSSR count). The largest absolute Gasteiger partial charge is 0.478 e. The predicted molar refractivity (Wildman–Crippen MR) is 55.3 cm³/mol. The van der Waals surface area contributed by atoms with Gasteiger partial charge in [0.2, 0.25) is 0 Å². The zero-order valence-electron chi connectivity index (χ0n) is 7.38. The van der Waals surface area contributed by atoms with Gasteiger partial charge in [0.15, 0.2) is 0 Å². The van der Waals surface area contributed by atoms with Crippen molar-refractivity contribution in [3.63, 3.8) is 0 Å². The molecule has 5 heteroatoms. The second kappa shape index (κ2) is 3.24. The van der Waals surface area contributed by atoms with E-state index in [2.05, 4.69) is 20.9 Å². The number of aromatic carboxylic acids is 1. The number of anilines is 1. The summed E-state index contributed by atoms with van der Waals surface area (Å²) in [5.74, 6) is -0.674. The lowest BCUT2D eigenvalue weighted by molar-refractivity contribution is 0.0694. The Kier molecular flexibility index (Phi) is 2.19. The summed E-state index contributed by atoms with van der Waals surface area (Å²) in [5.41, 5.74) is 7.56. The van der Waals surface area contributed by atoms with Gasteiger partial charge in [0, 0.05) is 5.69 Å². The zero-order valence-corrected chi connectivity index (χ0v) is 8.97. The van der Waals surface area contributed by atoms with E-state index in [1.807, 2.05) is 0 Å². The molecule has 74 valence electrons. The molecule has 0 radical (unpaired) electrons. The number of halogens is 1. The number of hydrogen-bond acceptors (Lipinski definition) is 3.